The summed E-state index contributed by atoms with van der Waals surface area (Å²) in [7, 11) is 4.54. The molecule has 1 aliphatic heterocycles. The normalized spacial score (nSPS) is 14.8. The van der Waals surface area contributed by atoms with Crippen LogP contribution in [0.4, 0.5) is 0 Å². The van der Waals surface area contributed by atoms with Crippen molar-refractivity contribution in [3.05, 3.63) is 57.5 Å². The van der Waals surface area contributed by atoms with Crippen molar-refractivity contribution >= 4 is 57.8 Å². The molecular formula is C20H17ClN2O5S2. The second-order valence-corrected chi connectivity index (χ2v) is 8.03. The number of benzene rings is 2. The number of nitrogens with zero attached hydrogens (tertiary/aromatic N) is 1. The number of carbonyl (C=O) groups is 2. The van der Waals surface area contributed by atoms with Crippen LogP contribution in [0.15, 0.2) is 41.3 Å². The van der Waals surface area contributed by atoms with Gasteiger partial charge in [-0.05, 0) is 48.6 Å². The van der Waals surface area contributed by atoms with Crippen LogP contribution in [0, 0.1) is 0 Å². The standard InChI is InChI=1S/C20H17ClN2O5S2/c1-26-14-10-16(28-3)15(27-2)8-12(14)9-17-19(25)23(20(29)30-17)22-18(24)11-4-6-13(21)7-5-11/h4-10H,1-3H3,(H,22,24)/b17-9+. The number of carbonyl (C=O) groups excluding carboxylic acids is 2. The molecule has 0 saturated carbocycles. The van der Waals surface area contributed by atoms with Crippen molar-refractivity contribution < 1.29 is 23.8 Å². The van der Waals surface area contributed by atoms with Crippen LogP contribution in [0.25, 0.3) is 6.08 Å². The Labute approximate surface area is 187 Å². The molecule has 0 unspecified atom stereocenters. The van der Waals surface area contributed by atoms with E-state index in [1.807, 2.05) is 0 Å². The molecular weight excluding hydrogens is 448 g/mol. The summed E-state index contributed by atoms with van der Waals surface area (Å²) in [5.74, 6) is 0.533. The zero-order chi connectivity index (χ0) is 21.8. The SMILES string of the molecule is COc1cc(OC)c(OC)cc1/C=C1/SC(=S)N(NC(=O)c2ccc(Cl)cc2)C1=O. The molecule has 1 heterocycles. The van der Waals surface area contributed by atoms with E-state index in [-0.39, 0.29) is 4.32 Å². The molecule has 2 aromatic carbocycles. The van der Waals surface area contributed by atoms with E-state index in [4.69, 9.17) is 38.0 Å². The van der Waals surface area contributed by atoms with Gasteiger partial charge in [0.25, 0.3) is 11.8 Å². The summed E-state index contributed by atoms with van der Waals surface area (Å²) in [6, 6.07) is 9.64. The molecule has 10 heteroatoms. The first kappa shape index (κ1) is 21.9. The summed E-state index contributed by atoms with van der Waals surface area (Å²) >= 11 is 12.2. The summed E-state index contributed by atoms with van der Waals surface area (Å²) < 4.78 is 16.2. The highest BCUT2D eigenvalue weighted by Gasteiger charge is 2.34. The van der Waals surface area contributed by atoms with Crippen LogP contribution in [-0.4, -0.2) is 42.5 Å². The van der Waals surface area contributed by atoms with Crippen LogP contribution in [0.5, 0.6) is 17.2 Å². The molecule has 7 nitrogen and oxygen atoms in total. The minimum absolute atomic E-state index is 0.202. The van der Waals surface area contributed by atoms with E-state index in [1.54, 1.807) is 42.5 Å². The predicted molar refractivity (Wildman–Crippen MR) is 120 cm³/mol. The van der Waals surface area contributed by atoms with E-state index < -0.39 is 11.8 Å². The van der Waals surface area contributed by atoms with Gasteiger partial charge in [0.1, 0.15) is 5.75 Å². The first-order chi connectivity index (χ1) is 14.4. The van der Waals surface area contributed by atoms with Gasteiger partial charge in [0.05, 0.1) is 26.2 Å². The van der Waals surface area contributed by atoms with E-state index >= 15 is 0 Å². The highest BCUT2D eigenvalue weighted by Crippen LogP contribution is 2.38. The Kier molecular flexibility index (Phi) is 6.86. The van der Waals surface area contributed by atoms with Crippen LogP contribution in [0.2, 0.25) is 5.02 Å². The maximum atomic E-state index is 12.8. The molecule has 156 valence electrons. The predicted octanol–water partition coefficient (Wildman–Crippen LogP) is 3.91. The highest BCUT2D eigenvalue weighted by molar-refractivity contribution is 8.26. The lowest BCUT2D eigenvalue weighted by molar-refractivity contribution is -0.123. The molecule has 0 aromatic heterocycles. The average molecular weight is 465 g/mol. The number of hydrogen-bond acceptors (Lipinski definition) is 7. The minimum Gasteiger partial charge on any atom is -0.496 e. The third kappa shape index (κ3) is 4.53. The van der Waals surface area contributed by atoms with Gasteiger partial charge in [-0.1, -0.05) is 23.4 Å². The fourth-order valence-electron chi connectivity index (χ4n) is 2.64. The number of nitrogens with one attached hydrogen (secondary N) is 1. The topological polar surface area (TPSA) is 77.1 Å². The summed E-state index contributed by atoms with van der Waals surface area (Å²) in [6.07, 6.45) is 1.62. The number of methoxy groups -OCH3 is 3. The maximum absolute atomic E-state index is 12.8. The molecule has 0 aliphatic carbocycles. The fraction of sp³-hybridized carbons (Fsp3) is 0.150. The van der Waals surface area contributed by atoms with E-state index in [9.17, 15) is 9.59 Å². The number of rotatable bonds is 6. The summed E-state index contributed by atoms with van der Waals surface area (Å²) in [4.78, 5) is 25.6. The van der Waals surface area contributed by atoms with Crippen LogP contribution in [-0.2, 0) is 4.79 Å². The Bertz CT molecular complexity index is 1040. The van der Waals surface area contributed by atoms with Gasteiger partial charge in [-0.15, -0.1) is 0 Å². The highest BCUT2D eigenvalue weighted by atomic mass is 35.5. The molecule has 0 radical (unpaired) electrons. The Morgan fingerprint density at radius 3 is 2.27 bits per heavy atom. The number of thiocarbonyl (C=S) groups is 1. The van der Waals surface area contributed by atoms with Crippen molar-refractivity contribution in [3.63, 3.8) is 0 Å². The number of ether oxygens (including phenoxy) is 3. The van der Waals surface area contributed by atoms with Gasteiger partial charge in [-0.3, -0.25) is 15.0 Å². The maximum Gasteiger partial charge on any atom is 0.285 e. The lowest BCUT2D eigenvalue weighted by atomic mass is 10.1. The van der Waals surface area contributed by atoms with Crippen molar-refractivity contribution in [1.29, 1.82) is 0 Å². The molecule has 2 aromatic rings. The average Bonchev–Trinajstić information content (AvgIpc) is 3.01. The lowest BCUT2D eigenvalue weighted by Gasteiger charge is -2.15. The Balaban J connectivity index is 1.86. The van der Waals surface area contributed by atoms with Gasteiger partial charge >= 0.3 is 0 Å². The van der Waals surface area contributed by atoms with Gasteiger partial charge in [-0.2, -0.15) is 5.01 Å². The van der Waals surface area contributed by atoms with Crippen molar-refractivity contribution in [2.24, 2.45) is 0 Å². The molecule has 0 atom stereocenters. The number of halogens is 1. The molecule has 1 saturated heterocycles. The van der Waals surface area contributed by atoms with Gasteiger partial charge < -0.3 is 14.2 Å². The molecule has 1 N–H and O–H groups in total. The van der Waals surface area contributed by atoms with E-state index in [0.717, 1.165) is 16.8 Å². The second kappa shape index (κ2) is 9.38. The number of hydrazine groups is 1. The quantitative estimate of drug-likeness (QED) is 0.513. The molecule has 0 spiro atoms. The largest absolute Gasteiger partial charge is 0.496 e. The van der Waals surface area contributed by atoms with Crippen molar-refractivity contribution in [3.8, 4) is 17.2 Å². The van der Waals surface area contributed by atoms with Crippen LogP contribution in [0.1, 0.15) is 15.9 Å². The molecule has 0 bridgehead atoms. The zero-order valence-corrected chi connectivity index (χ0v) is 18.6. The van der Waals surface area contributed by atoms with Gasteiger partial charge in [0.2, 0.25) is 0 Å². The molecule has 3 rings (SSSR count). The van der Waals surface area contributed by atoms with Crippen molar-refractivity contribution in [2.45, 2.75) is 0 Å². The molecule has 1 fully saturated rings. The molecule has 30 heavy (non-hydrogen) atoms. The zero-order valence-electron chi connectivity index (χ0n) is 16.2. The summed E-state index contributed by atoms with van der Waals surface area (Å²) in [5, 5.41) is 1.54. The summed E-state index contributed by atoms with van der Waals surface area (Å²) in [6.45, 7) is 0. The number of amides is 2. The van der Waals surface area contributed by atoms with Gasteiger partial charge in [0.15, 0.2) is 15.8 Å². The Hall–Kier alpha value is -2.75. The Morgan fingerprint density at radius 1 is 1.07 bits per heavy atom. The second-order valence-electron chi connectivity index (χ2n) is 5.91. The van der Waals surface area contributed by atoms with Crippen molar-refractivity contribution in [1.82, 2.24) is 10.4 Å². The van der Waals surface area contributed by atoms with E-state index in [1.165, 1.54) is 21.3 Å². The van der Waals surface area contributed by atoms with Gasteiger partial charge in [-0.25, -0.2) is 0 Å². The first-order valence-corrected chi connectivity index (χ1v) is 10.1. The van der Waals surface area contributed by atoms with E-state index in [0.29, 0.717) is 38.3 Å². The molecule has 1 aliphatic rings. The van der Waals surface area contributed by atoms with Crippen LogP contribution >= 0.6 is 35.6 Å². The number of hydrogen-bond donors (Lipinski definition) is 1. The smallest absolute Gasteiger partial charge is 0.285 e. The molecule has 2 amide bonds. The monoisotopic (exact) mass is 464 g/mol. The lowest BCUT2D eigenvalue weighted by Crippen LogP contribution is -2.44. The van der Waals surface area contributed by atoms with Crippen LogP contribution < -0.4 is 19.6 Å². The third-order valence-electron chi connectivity index (χ3n) is 4.14. The van der Waals surface area contributed by atoms with Crippen LogP contribution in [0.3, 0.4) is 0 Å². The van der Waals surface area contributed by atoms with E-state index in [2.05, 4.69) is 5.43 Å². The first-order valence-electron chi connectivity index (χ1n) is 8.52. The van der Waals surface area contributed by atoms with Gasteiger partial charge in [0, 0.05) is 22.2 Å². The van der Waals surface area contributed by atoms with Crippen molar-refractivity contribution in [2.75, 3.05) is 21.3 Å². The minimum atomic E-state index is -0.479. The fourth-order valence-corrected chi connectivity index (χ4v) is 3.93. The Morgan fingerprint density at radius 2 is 1.67 bits per heavy atom. The third-order valence-corrected chi connectivity index (χ3v) is 5.69. The summed E-state index contributed by atoms with van der Waals surface area (Å²) in [5.41, 5.74) is 3.47. The number of thioether (sulfide) groups is 1.